The lowest BCUT2D eigenvalue weighted by Crippen LogP contribution is -2.36. The standard InChI is InChI=1S/C15H16F3N5O/c16-15(17,18)12-7-21-14(22-12)9-2-1-5-23(8-9)11-3-4-20-6-10(11)13(19)24/h3-4,6-7,9H,1-2,5,8H2,(H2,19,24)(H,21,22)/t9-/m1/s1. The number of nitrogens with two attached hydrogens (primary N) is 1. The second-order valence-electron chi connectivity index (χ2n) is 5.72. The van der Waals surface area contributed by atoms with Crippen LogP contribution in [0.3, 0.4) is 0 Å². The molecule has 128 valence electrons. The van der Waals surface area contributed by atoms with Gasteiger partial charge in [0.25, 0.3) is 5.91 Å². The van der Waals surface area contributed by atoms with Crippen molar-refractivity contribution in [2.45, 2.75) is 24.9 Å². The molecule has 1 aliphatic heterocycles. The number of pyridine rings is 1. The Morgan fingerprint density at radius 3 is 2.83 bits per heavy atom. The van der Waals surface area contributed by atoms with Crippen LogP contribution in [-0.4, -0.2) is 33.9 Å². The summed E-state index contributed by atoms with van der Waals surface area (Å²) in [5, 5.41) is 0. The van der Waals surface area contributed by atoms with Gasteiger partial charge in [0.05, 0.1) is 17.4 Å². The first-order valence-electron chi connectivity index (χ1n) is 7.47. The van der Waals surface area contributed by atoms with Crippen LogP contribution < -0.4 is 10.6 Å². The van der Waals surface area contributed by atoms with Crippen molar-refractivity contribution in [2.24, 2.45) is 5.73 Å². The predicted octanol–water partition coefficient (Wildman–Crippen LogP) is 2.31. The number of imidazole rings is 1. The molecule has 0 aliphatic carbocycles. The van der Waals surface area contributed by atoms with E-state index >= 15 is 0 Å². The fraction of sp³-hybridized carbons (Fsp3) is 0.400. The summed E-state index contributed by atoms with van der Waals surface area (Å²) in [7, 11) is 0. The molecule has 0 aromatic carbocycles. The maximum atomic E-state index is 12.7. The Bertz CT molecular complexity index is 743. The van der Waals surface area contributed by atoms with Gasteiger partial charge < -0.3 is 15.6 Å². The number of anilines is 1. The van der Waals surface area contributed by atoms with Crippen LogP contribution in [0.1, 0.15) is 40.6 Å². The number of carbonyl (C=O) groups is 1. The zero-order valence-electron chi connectivity index (χ0n) is 12.7. The van der Waals surface area contributed by atoms with E-state index in [0.717, 1.165) is 19.0 Å². The van der Waals surface area contributed by atoms with E-state index in [4.69, 9.17) is 5.73 Å². The van der Waals surface area contributed by atoms with Gasteiger partial charge >= 0.3 is 6.18 Å². The topological polar surface area (TPSA) is 87.9 Å². The van der Waals surface area contributed by atoms with Gasteiger partial charge in [-0.3, -0.25) is 9.78 Å². The molecular weight excluding hydrogens is 323 g/mol. The van der Waals surface area contributed by atoms with Crippen molar-refractivity contribution in [3.05, 3.63) is 41.7 Å². The van der Waals surface area contributed by atoms with E-state index in [-0.39, 0.29) is 5.92 Å². The van der Waals surface area contributed by atoms with Crippen molar-refractivity contribution in [1.29, 1.82) is 0 Å². The number of piperidine rings is 1. The van der Waals surface area contributed by atoms with Gasteiger partial charge in [-0.1, -0.05) is 0 Å². The molecule has 0 spiro atoms. The Balaban J connectivity index is 1.83. The summed E-state index contributed by atoms with van der Waals surface area (Å²) >= 11 is 0. The Morgan fingerprint density at radius 2 is 2.17 bits per heavy atom. The van der Waals surface area contributed by atoms with Gasteiger partial charge in [0.1, 0.15) is 11.5 Å². The molecule has 24 heavy (non-hydrogen) atoms. The first-order valence-corrected chi connectivity index (χ1v) is 7.47. The van der Waals surface area contributed by atoms with Crippen LogP contribution in [0.25, 0.3) is 0 Å². The normalized spacial score (nSPS) is 18.6. The van der Waals surface area contributed by atoms with Gasteiger partial charge in [-0.2, -0.15) is 13.2 Å². The maximum Gasteiger partial charge on any atom is 0.432 e. The minimum atomic E-state index is -4.44. The molecule has 0 unspecified atom stereocenters. The second kappa shape index (κ2) is 6.14. The highest BCUT2D eigenvalue weighted by Gasteiger charge is 2.34. The smallest absolute Gasteiger partial charge is 0.370 e. The minimum absolute atomic E-state index is 0.177. The third-order valence-corrected chi connectivity index (χ3v) is 4.11. The quantitative estimate of drug-likeness (QED) is 0.898. The molecule has 1 amide bonds. The summed E-state index contributed by atoms with van der Waals surface area (Å²) in [5.74, 6) is -0.456. The molecule has 0 bridgehead atoms. The maximum absolute atomic E-state index is 12.7. The molecule has 1 aliphatic rings. The van der Waals surface area contributed by atoms with Gasteiger partial charge in [-0.05, 0) is 18.9 Å². The fourth-order valence-corrected chi connectivity index (χ4v) is 2.96. The monoisotopic (exact) mass is 339 g/mol. The van der Waals surface area contributed by atoms with E-state index in [1.54, 1.807) is 12.3 Å². The largest absolute Gasteiger partial charge is 0.432 e. The Kier molecular flexibility index (Phi) is 4.16. The average molecular weight is 339 g/mol. The number of carbonyl (C=O) groups excluding carboxylic acids is 1. The molecule has 1 fully saturated rings. The van der Waals surface area contributed by atoms with Gasteiger partial charge in [-0.15, -0.1) is 0 Å². The van der Waals surface area contributed by atoms with E-state index in [2.05, 4.69) is 15.0 Å². The highest BCUT2D eigenvalue weighted by atomic mass is 19.4. The van der Waals surface area contributed by atoms with Crippen LogP contribution in [0, 0.1) is 0 Å². The van der Waals surface area contributed by atoms with E-state index in [0.29, 0.717) is 30.2 Å². The summed E-state index contributed by atoms with van der Waals surface area (Å²) in [6.45, 7) is 1.14. The molecule has 3 rings (SSSR count). The summed E-state index contributed by atoms with van der Waals surface area (Å²) in [4.78, 5) is 23.6. The third-order valence-electron chi connectivity index (χ3n) is 4.11. The lowest BCUT2D eigenvalue weighted by Gasteiger charge is -2.34. The first kappa shape index (κ1) is 16.3. The van der Waals surface area contributed by atoms with Crippen LogP contribution in [0.5, 0.6) is 0 Å². The Hall–Kier alpha value is -2.58. The van der Waals surface area contributed by atoms with Crippen LogP contribution >= 0.6 is 0 Å². The SMILES string of the molecule is NC(=O)c1cnccc1N1CCC[C@@H](c2ncc(C(F)(F)F)[nH]2)C1. The number of aromatic amines is 1. The highest BCUT2D eigenvalue weighted by molar-refractivity contribution is 5.98. The molecule has 0 saturated carbocycles. The lowest BCUT2D eigenvalue weighted by molar-refractivity contribution is -0.141. The lowest BCUT2D eigenvalue weighted by atomic mass is 9.96. The van der Waals surface area contributed by atoms with E-state index in [9.17, 15) is 18.0 Å². The first-order chi connectivity index (χ1) is 11.4. The van der Waals surface area contributed by atoms with E-state index < -0.39 is 17.8 Å². The van der Waals surface area contributed by atoms with Crippen molar-refractivity contribution in [3.63, 3.8) is 0 Å². The van der Waals surface area contributed by atoms with Gasteiger partial charge in [0, 0.05) is 31.4 Å². The molecule has 6 nitrogen and oxygen atoms in total. The molecule has 1 atom stereocenters. The Morgan fingerprint density at radius 1 is 1.38 bits per heavy atom. The number of hydrogen-bond acceptors (Lipinski definition) is 4. The summed E-state index contributed by atoms with van der Waals surface area (Å²) < 4.78 is 38.1. The second-order valence-corrected chi connectivity index (χ2v) is 5.72. The molecule has 2 aromatic rings. The molecule has 3 heterocycles. The molecule has 1 saturated heterocycles. The van der Waals surface area contributed by atoms with Crippen molar-refractivity contribution >= 4 is 11.6 Å². The third kappa shape index (κ3) is 3.19. The molecule has 9 heteroatoms. The fourth-order valence-electron chi connectivity index (χ4n) is 2.96. The number of H-pyrrole nitrogens is 1. The van der Waals surface area contributed by atoms with Gasteiger partial charge in [0.15, 0.2) is 0 Å². The number of halogens is 3. The van der Waals surface area contributed by atoms with Crippen molar-refractivity contribution in [1.82, 2.24) is 15.0 Å². The number of hydrogen-bond donors (Lipinski definition) is 2. The van der Waals surface area contributed by atoms with Crippen molar-refractivity contribution in [3.8, 4) is 0 Å². The number of rotatable bonds is 3. The zero-order chi connectivity index (χ0) is 17.3. The number of alkyl halides is 3. The van der Waals surface area contributed by atoms with Crippen LogP contribution in [-0.2, 0) is 6.18 Å². The number of aromatic nitrogens is 3. The summed E-state index contributed by atoms with van der Waals surface area (Å²) in [5.41, 5.74) is 5.46. The molecule has 2 aromatic heterocycles. The van der Waals surface area contributed by atoms with Crippen molar-refractivity contribution in [2.75, 3.05) is 18.0 Å². The van der Waals surface area contributed by atoms with Gasteiger partial charge in [0.2, 0.25) is 0 Å². The number of primary amides is 1. The van der Waals surface area contributed by atoms with Crippen LogP contribution in [0.4, 0.5) is 18.9 Å². The van der Waals surface area contributed by atoms with Gasteiger partial charge in [-0.25, -0.2) is 4.98 Å². The molecule has 0 radical (unpaired) electrons. The summed E-state index contributed by atoms with van der Waals surface area (Å²) in [6, 6.07) is 1.69. The minimum Gasteiger partial charge on any atom is -0.370 e. The Labute approximate surface area is 135 Å². The average Bonchev–Trinajstić information content (AvgIpc) is 3.05. The number of nitrogens with one attached hydrogen (secondary N) is 1. The molecule has 3 N–H and O–H groups in total. The highest BCUT2D eigenvalue weighted by Crippen LogP contribution is 2.33. The zero-order valence-corrected chi connectivity index (χ0v) is 12.7. The number of nitrogens with zero attached hydrogens (tertiary/aromatic N) is 3. The number of amides is 1. The van der Waals surface area contributed by atoms with Crippen LogP contribution in [0.15, 0.2) is 24.7 Å². The molecular formula is C15H16F3N5O. The predicted molar refractivity (Wildman–Crippen MR) is 80.5 cm³/mol. The summed E-state index contributed by atoms with van der Waals surface area (Å²) in [6.07, 6.45) is 0.820. The van der Waals surface area contributed by atoms with E-state index in [1.165, 1.54) is 6.20 Å². The van der Waals surface area contributed by atoms with E-state index in [1.807, 2.05) is 4.90 Å². The van der Waals surface area contributed by atoms with Crippen LogP contribution in [0.2, 0.25) is 0 Å². The van der Waals surface area contributed by atoms with Crippen molar-refractivity contribution < 1.29 is 18.0 Å².